The molecule has 0 amide bonds. The van der Waals surface area contributed by atoms with E-state index in [4.69, 9.17) is 18.7 Å². The molecule has 0 spiro atoms. The Bertz CT molecular complexity index is 1030. The number of ketones is 1. The molecule has 8 nitrogen and oxygen atoms in total. The highest BCUT2D eigenvalue weighted by atomic mass is 16.5. The van der Waals surface area contributed by atoms with Crippen molar-refractivity contribution in [3.05, 3.63) is 59.1 Å². The van der Waals surface area contributed by atoms with Gasteiger partial charge in [0.25, 0.3) is 0 Å². The van der Waals surface area contributed by atoms with Crippen LogP contribution in [0.2, 0.25) is 0 Å². The van der Waals surface area contributed by atoms with Crippen molar-refractivity contribution >= 4 is 11.8 Å². The van der Waals surface area contributed by atoms with Crippen LogP contribution >= 0.6 is 0 Å². The molecule has 30 heavy (non-hydrogen) atoms. The van der Waals surface area contributed by atoms with Gasteiger partial charge >= 0.3 is 5.97 Å². The lowest BCUT2D eigenvalue weighted by Gasteiger charge is -2.08. The maximum absolute atomic E-state index is 12.6. The van der Waals surface area contributed by atoms with E-state index in [-0.39, 0.29) is 25.4 Å². The second-order valence-electron chi connectivity index (χ2n) is 6.77. The standard InChI is InChI=1S/C22H24N2O6/c1-14-11-19(16(3)24(14)21-12-15(2)30-23-21)20(25)13-29-22(26)9-10-28-18-7-5-17(27-4)6-8-18/h5-8,11-12H,9-10,13H2,1-4H3. The van der Waals surface area contributed by atoms with Crippen LogP contribution in [0, 0.1) is 20.8 Å². The molecule has 8 heteroatoms. The Kier molecular flexibility index (Phi) is 6.56. The van der Waals surface area contributed by atoms with Crippen LogP contribution in [-0.2, 0) is 9.53 Å². The third-order valence-electron chi connectivity index (χ3n) is 4.57. The number of methoxy groups -OCH3 is 1. The zero-order valence-corrected chi connectivity index (χ0v) is 17.4. The van der Waals surface area contributed by atoms with E-state index in [9.17, 15) is 9.59 Å². The summed E-state index contributed by atoms with van der Waals surface area (Å²) in [6, 6.07) is 10.6. The topological polar surface area (TPSA) is 92.8 Å². The fourth-order valence-electron chi connectivity index (χ4n) is 3.08. The average Bonchev–Trinajstić information content (AvgIpc) is 3.28. The molecule has 0 aliphatic rings. The quantitative estimate of drug-likeness (QED) is 0.392. The number of ether oxygens (including phenoxy) is 3. The molecule has 158 valence electrons. The summed E-state index contributed by atoms with van der Waals surface area (Å²) in [4.78, 5) is 24.5. The van der Waals surface area contributed by atoms with Crippen molar-refractivity contribution in [1.29, 1.82) is 0 Å². The van der Waals surface area contributed by atoms with E-state index in [0.29, 0.717) is 28.6 Å². The van der Waals surface area contributed by atoms with E-state index in [1.165, 1.54) is 0 Å². The molecular weight excluding hydrogens is 388 g/mol. The van der Waals surface area contributed by atoms with E-state index in [1.807, 2.05) is 18.4 Å². The van der Waals surface area contributed by atoms with Gasteiger partial charge in [-0.3, -0.25) is 14.2 Å². The zero-order chi connectivity index (χ0) is 21.7. The average molecular weight is 412 g/mol. The van der Waals surface area contributed by atoms with Crippen molar-refractivity contribution in [2.24, 2.45) is 0 Å². The van der Waals surface area contributed by atoms with Gasteiger partial charge in [-0.2, -0.15) is 0 Å². The van der Waals surface area contributed by atoms with Crippen molar-refractivity contribution in [2.45, 2.75) is 27.2 Å². The molecule has 3 rings (SSSR count). The highest BCUT2D eigenvalue weighted by Crippen LogP contribution is 2.21. The van der Waals surface area contributed by atoms with Crippen molar-refractivity contribution in [3.63, 3.8) is 0 Å². The number of aryl methyl sites for hydroxylation is 2. The van der Waals surface area contributed by atoms with Crippen LogP contribution < -0.4 is 9.47 Å². The van der Waals surface area contributed by atoms with Gasteiger partial charge < -0.3 is 18.7 Å². The van der Waals surface area contributed by atoms with Crippen LogP contribution in [0.15, 0.2) is 40.9 Å². The Hall–Kier alpha value is -3.55. The van der Waals surface area contributed by atoms with Crippen LogP contribution in [0.5, 0.6) is 11.5 Å². The first-order valence-electron chi connectivity index (χ1n) is 9.47. The summed E-state index contributed by atoms with van der Waals surface area (Å²) in [6.07, 6.45) is 0.0382. The molecule has 0 fully saturated rings. The summed E-state index contributed by atoms with van der Waals surface area (Å²) in [5.41, 5.74) is 2.03. The highest BCUT2D eigenvalue weighted by molar-refractivity contribution is 5.99. The Balaban J connectivity index is 1.51. The number of hydrogen-bond acceptors (Lipinski definition) is 7. The van der Waals surface area contributed by atoms with E-state index in [2.05, 4.69) is 5.16 Å². The highest BCUT2D eigenvalue weighted by Gasteiger charge is 2.19. The van der Waals surface area contributed by atoms with Gasteiger partial charge in [0, 0.05) is 23.0 Å². The third kappa shape index (κ3) is 4.89. The molecule has 0 N–H and O–H groups in total. The second kappa shape index (κ2) is 9.30. The molecule has 0 radical (unpaired) electrons. The van der Waals surface area contributed by atoms with E-state index in [0.717, 1.165) is 11.4 Å². The first-order chi connectivity index (χ1) is 14.4. The smallest absolute Gasteiger partial charge is 0.309 e. The monoisotopic (exact) mass is 412 g/mol. The summed E-state index contributed by atoms with van der Waals surface area (Å²) in [6.45, 7) is 5.31. The lowest BCUT2D eigenvalue weighted by atomic mass is 10.1. The molecule has 3 aromatic rings. The molecule has 1 aromatic carbocycles. The Morgan fingerprint density at radius 3 is 2.40 bits per heavy atom. The molecule has 0 aliphatic heterocycles. The SMILES string of the molecule is COc1ccc(OCCC(=O)OCC(=O)c2cc(C)n(-c3cc(C)on3)c2C)cc1. The number of Topliss-reactive ketones (excluding diaryl/α,β-unsaturated/α-hetero) is 1. The minimum absolute atomic E-state index is 0.0382. The number of esters is 1. The fraction of sp³-hybridized carbons (Fsp3) is 0.318. The zero-order valence-electron chi connectivity index (χ0n) is 17.4. The van der Waals surface area contributed by atoms with Gasteiger partial charge in [-0.25, -0.2) is 0 Å². The summed E-state index contributed by atoms with van der Waals surface area (Å²) in [5, 5.41) is 3.99. The van der Waals surface area contributed by atoms with E-state index in [1.54, 1.807) is 50.4 Å². The van der Waals surface area contributed by atoms with Crippen LogP contribution in [0.3, 0.4) is 0 Å². The van der Waals surface area contributed by atoms with Crippen LogP contribution in [0.25, 0.3) is 5.82 Å². The Morgan fingerprint density at radius 1 is 1.07 bits per heavy atom. The maximum atomic E-state index is 12.6. The van der Waals surface area contributed by atoms with Crippen molar-refractivity contribution in [3.8, 4) is 17.3 Å². The van der Waals surface area contributed by atoms with Crippen LogP contribution in [0.4, 0.5) is 0 Å². The molecule has 0 saturated heterocycles. The first-order valence-corrected chi connectivity index (χ1v) is 9.47. The number of rotatable bonds is 9. The number of nitrogens with zero attached hydrogens (tertiary/aromatic N) is 2. The van der Waals surface area contributed by atoms with Gasteiger partial charge in [-0.15, -0.1) is 0 Å². The minimum atomic E-state index is -0.502. The summed E-state index contributed by atoms with van der Waals surface area (Å²) in [5.74, 6) is 1.84. The second-order valence-corrected chi connectivity index (χ2v) is 6.77. The molecular formula is C22H24N2O6. The largest absolute Gasteiger partial charge is 0.497 e. The van der Waals surface area contributed by atoms with Gasteiger partial charge in [0.2, 0.25) is 5.78 Å². The van der Waals surface area contributed by atoms with Crippen LogP contribution in [-0.4, -0.2) is 41.8 Å². The van der Waals surface area contributed by atoms with E-state index >= 15 is 0 Å². The molecule has 0 saturated carbocycles. The lowest BCUT2D eigenvalue weighted by molar-refractivity contribution is -0.143. The van der Waals surface area contributed by atoms with Gasteiger partial charge in [0.05, 0.1) is 20.1 Å². The van der Waals surface area contributed by atoms with Crippen molar-refractivity contribution in [1.82, 2.24) is 9.72 Å². The Morgan fingerprint density at radius 2 is 1.77 bits per heavy atom. The molecule has 2 aromatic heterocycles. The maximum Gasteiger partial charge on any atom is 0.309 e. The Labute approximate surface area is 174 Å². The summed E-state index contributed by atoms with van der Waals surface area (Å²) < 4.78 is 22.6. The number of hydrogen-bond donors (Lipinski definition) is 0. The van der Waals surface area contributed by atoms with Crippen molar-refractivity contribution < 1.29 is 28.3 Å². The molecule has 0 bridgehead atoms. The predicted molar refractivity (Wildman–Crippen MR) is 108 cm³/mol. The first kappa shape index (κ1) is 21.2. The number of benzene rings is 1. The summed E-state index contributed by atoms with van der Waals surface area (Å²) >= 11 is 0. The van der Waals surface area contributed by atoms with Crippen LogP contribution in [0.1, 0.15) is 33.9 Å². The fourth-order valence-corrected chi connectivity index (χ4v) is 3.08. The predicted octanol–water partition coefficient (Wildman–Crippen LogP) is 3.59. The van der Waals surface area contributed by atoms with Crippen molar-refractivity contribution in [2.75, 3.05) is 20.3 Å². The third-order valence-corrected chi connectivity index (χ3v) is 4.57. The van der Waals surface area contributed by atoms with Gasteiger partial charge in [0.1, 0.15) is 17.3 Å². The summed E-state index contributed by atoms with van der Waals surface area (Å²) in [7, 11) is 1.58. The molecule has 0 unspecified atom stereocenters. The molecule has 2 heterocycles. The van der Waals surface area contributed by atoms with Gasteiger partial charge in [0.15, 0.2) is 12.4 Å². The number of carbonyl (C=O) groups excluding carboxylic acids is 2. The van der Waals surface area contributed by atoms with Gasteiger partial charge in [-0.1, -0.05) is 5.16 Å². The number of carbonyl (C=O) groups is 2. The molecule has 0 atom stereocenters. The normalized spacial score (nSPS) is 10.7. The molecule has 0 aliphatic carbocycles. The number of aromatic nitrogens is 2. The lowest BCUT2D eigenvalue weighted by Crippen LogP contribution is -2.16. The minimum Gasteiger partial charge on any atom is -0.497 e. The van der Waals surface area contributed by atoms with Gasteiger partial charge in [-0.05, 0) is 51.1 Å². The van der Waals surface area contributed by atoms with E-state index < -0.39 is 5.97 Å².